The third-order valence-corrected chi connectivity index (χ3v) is 8.05. The number of amides is 1. The lowest BCUT2D eigenvalue weighted by molar-refractivity contribution is 0.0655. The summed E-state index contributed by atoms with van der Waals surface area (Å²) in [5, 5.41) is 27.8. The predicted octanol–water partition coefficient (Wildman–Crippen LogP) is 2.92. The number of fused-ring (bicyclic) bond motifs is 1. The summed E-state index contributed by atoms with van der Waals surface area (Å²) in [4.78, 5) is 24.7. The first-order valence-electron chi connectivity index (χ1n) is 13.1. The number of aromatic nitrogens is 2. The van der Waals surface area contributed by atoms with Gasteiger partial charge < -0.3 is 15.7 Å². The van der Waals surface area contributed by atoms with Gasteiger partial charge in [-0.3, -0.25) is 14.7 Å². The van der Waals surface area contributed by atoms with Gasteiger partial charge in [-0.2, -0.15) is 5.26 Å². The van der Waals surface area contributed by atoms with E-state index in [-0.39, 0.29) is 18.0 Å². The van der Waals surface area contributed by atoms with Crippen molar-refractivity contribution >= 4 is 16.8 Å². The Balaban J connectivity index is 1.34. The molecule has 1 aliphatic carbocycles. The van der Waals surface area contributed by atoms with Gasteiger partial charge in [-0.05, 0) is 69.0 Å². The highest BCUT2D eigenvalue weighted by Crippen LogP contribution is 2.34. The standard InChI is InChI=1S/C29H34N6O2/c1-31-21-9-10-26(36)24(17-21)34-28(37)25-16-20(22-6-2-3-7-23(22)33-25)18-35-14-11-29(19-30,12-15-35)27-8-4-5-13-32-27/h2-8,13,16,21,24,26,31,36H,9-12,14-15,17-18H2,1H3,(H,34,37). The number of hydrogen-bond donors (Lipinski definition) is 3. The van der Waals surface area contributed by atoms with Crippen LogP contribution in [0.5, 0.6) is 0 Å². The molecule has 2 aliphatic rings. The van der Waals surface area contributed by atoms with E-state index in [1.165, 1.54) is 0 Å². The number of aliphatic hydroxyl groups is 1. The highest BCUT2D eigenvalue weighted by Gasteiger charge is 2.38. The van der Waals surface area contributed by atoms with Gasteiger partial charge in [-0.1, -0.05) is 24.3 Å². The molecule has 1 saturated heterocycles. The average molecular weight is 499 g/mol. The first-order valence-corrected chi connectivity index (χ1v) is 13.1. The summed E-state index contributed by atoms with van der Waals surface area (Å²) in [5.41, 5.74) is 2.46. The summed E-state index contributed by atoms with van der Waals surface area (Å²) in [5.74, 6) is -0.259. The number of hydrogen-bond acceptors (Lipinski definition) is 7. The lowest BCUT2D eigenvalue weighted by atomic mass is 9.76. The van der Waals surface area contributed by atoms with Gasteiger partial charge in [0.15, 0.2) is 0 Å². The number of carbonyl (C=O) groups excluding carboxylic acids is 1. The largest absolute Gasteiger partial charge is 0.391 e. The molecule has 8 heteroatoms. The summed E-state index contributed by atoms with van der Waals surface area (Å²) in [6.07, 6.45) is 4.86. The van der Waals surface area contributed by atoms with E-state index < -0.39 is 11.5 Å². The number of pyridine rings is 2. The molecule has 3 aromatic rings. The molecule has 1 aliphatic heterocycles. The number of nitriles is 1. The molecule has 3 heterocycles. The van der Waals surface area contributed by atoms with Crippen LogP contribution in [0.4, 0.5) is 0 Å². The van der Waals surface area contributed by atoms with Crippen molar-refractivity contribution in [1.82, 2.24) is 25.5 Å². The molecule has 3 atom stereocenters. The Morgan fingerprint density at radius 2 is 1.97 bits per heavy atom. The first kappa shape index (κ1) is 25.3. The minimum absolute atomic E-state index is 0.259. The maximum atomic E-state index is 13.3. The van der Waals surface area contributed by atoms with E-state index in [9.17, 15) is 15.2 Å². The minimum Gasteiger partial charge on any atom is -0.391 e. The van der Waals surface area contributed by atoms with Crippen molar-refractivity contribution < 1.29 is 9.90 Å². The summed E-state index contributed by atoms with van der Waals surface area (Å²) >= 11 is 0. The second-order valence-electron chi connectivity index (χ2n) is 10.3. The highest BCUT2D eigenvalue weighted by molar-refractivity contribution is 5.96. The summed E-state index contributed by atoms with van der Waals surface area (Å²) in [6, 6.07) is 18.1. The van der Waals surface area contributed by atoms with Crippen molar-refractivity contribution in [3.8, 4) is 6.07 Å². The molecule has 0 radical (unpaired) electrons. The highest BCUT2D eigenvalue weighted by atomic mass is 16.3. The molecule has 0 spiro atoms. The second-order valence-corrected chi connectivity index (χ2v) is 10.3. The Labute approximate surface area is 217 Å². The maximum Gasteiger partial charge on any atom is 0.270 e. The van der Waals surface area contributed by atoms with Gasteiger partial charge in [-0.25, -0.2) is 4.98 Å². The fourth-order valence-electron chi connectivity index (χ4n) is 5.71. The van der Waals surface area contributed by atoms with E-state index in [1.807, 2.05) is 55.6 Å². The Morgan fingerprint density at radius 1 is 1.19 bits per heavy atom. The number of carbonyl (C=O) groups is 1. The van der Waals surface area contributed by atoms with Gasteiger partial charge in [0, 0.05) is 37.3 Å². The Bertz CT molecular complexity index is 1280. The average Bonchev–Trinajstić information content (AvgIpc) is 2.95. The molecule has 37 heavy (non-hydrogen) atoms. The molecule has 0 bridgehead atoms. The molecular formula is C29H34N6O2. The van der Waals surface area contributed by atoms with Gasteiger partial charge >= 0.3 is 0 Å². The van der Waals surface area contributed by atoms with E-state index in [2.05, 4.69) is 31.6 Å². The number of benzene rings is 1. The topological polar surface area (TPSA) is 114 Å². The number of rotatable bonds is 6. The number of nitrogens with one attached hydrogen (secondary N) is 2. The fraction of sp³-hybridized carbons (Fsp3) is 0.448. The summed E-state index contributed by atoms with van der Waals surface area (Å²) in [7, 11) is 1.91. The molecular weight excluding hydrogens is 464 g/mol. The van der Waals surface area contributed by atoms with Crippen LogP contribution in [-0.4, -0.2) is 64.2 Å². The van der Waals surface area contributed by atoms with E-state index >= 15 is 0 Å². The van der Waals surface area contributed by atoms with Crippen LogP contribution in [0.3, 0.4) is 0 Å². The van der Waals surface area contributed by atoms with Crippen LogP contribution in [0, 0.1) is 11.3 Å². The summed E-state index contributed by atoms with van der Waals surface area (Å²) < 4.78 is 0. The van der Waals surface area contributed by atoms with Crippen molar-refractivity contribution in [1.29, 1.82) is 5.26 Å². The van der Waals surface area contributed by atoms with Gasteiger partial charge in [0.2, 0.25) is 0 Å². The van der Waals surface area contributed by atoms with Crippen molar-refractivity contribution in [3.05, 3.63) is 71.7 Å². The maximum absolute atomic E-state index is 13.3. The Kier molecular flexibility index (Phi) is 7.47. The molecule has 8 nitrogen and oxygen atoms in total. The van der Waals surface area contributed by atoms with E-state index in [0.717, 1.165) is 41.7 Å². The molecule has 2 fully saturated rings. The van der Waals surface area contributed by atoms with Crippen LogP contribution >= 0.6 is 0 Å². The quantitative estimate of drug-likeness (QED) is 0.479. The summed E-state index contributed by atoms with van der Waals surface area (Å²) in [6.45, 7) is 2.20. The molecule has 1 saturated carbocycles. The minimum atomic E-state index is -0.560. The first-order chi connectivity index (χ1) is 18.0. The van der Waals surface area contributed by atoms with E-state index in [4.69, 9.17) is 0 Å². The van der Waals surface area contributed by atoms with Crippen molar-refractivity contribution in [3.63, 3.8) is 0 Å². The monoisotopic (exact) mass is 498 g/mol. The van der Waals surface area contributed by atoms with Crippen LogP contribution in [0.25, 0.3) is 10.9 Å². The fourth-order valence-corrected chi connectivity index (χ4v) is 5.71. The van der Waals surface area contributed by atoms with Crippen LogP contribution in [0.1, 0.15) is 53.8 Å². The molecule has 3 N–H and O–H groups in total. The number of nitrogens with zero attached hydrogens (tertiary/aromatic N) is 4. The number of aliphatic hydroxyl groups excluding tert-OH is 1. The number of piperidine rings is 1. The van der Waals surface area contributed by atoms with Gasteiger partial charge in [-0.15, -0.1) is 0 Å². The van der Waals surface area contributed by atoms with Crippen molar-refractivity contribution in [2.75, 3.05) is 20.1 Å². The molecule has 3 unspecified atom stereocenters. The van der Waals surface area contributed by atoms with Crippen molar-refractivity contribution in [2.45, 2.75) is 62.3 Å². The molecule has 5 rings (SSSR count). The van der Waals surface area contributed by atoms with Gasteiger partial charge in [0.05, 0.1) is 29.4 Å². The zero-order valence-corrected chi connectivity index (χ0v) is 21.2. The van der Waals surface area contributed by atoms with Crippen LogP contribution in [-0.2, 0) is 12.0 Å². The van der Waals surface area contributed by atoms with Gasteiger partial charge in [0.1, 0.15) is 11.1 Å². The number of likely N-dealkylation sites (tertiary alicyclic amines) is 1. The number of para-hydroxylation sites is 1. The van der Waals surface area contributed by atoms with E-state index in [1.54, 1.807) is 6.20 Å². The lowest BCUT2D eigenvalue weighted by Crippen LogP contribution is -2.50. The Hall–Kier alpha value is -3.38. The SMILES string of the molecule is CNC1CCC(O)C(NC(=O)c2cc(CN3CCC(C#N)(c4ccccn4)CC3)c3ccccc3n2)C1. The van der Waals surface area contributed by atoms with Crippen LogP contribution in [0.15, 0.2) is 54.7 Å². The third kappa shape index (κ3) is 5.35. The molecule has 1 aromatic carbocycles. The van der Waals surface area contributed by atoms with Gasteiger partial charge in [0.25, 0.3) is 5.91 Å². The smallest absolute Gasteiger partial charge is 0.270 e. The van der Waals surface area contributed by atoms with Crippen molar-refractivity contribution in [2.24, 2.45) is 0 Å². The Morgan fingerprint density at radius 3 is 2.70 bits per heavy atom. The lowest BCUT2D eigenvalue weighted by Gasteiger charge is -2.37. The van der Waals surface area contributed by atoms with Crippen LogP contribution in [0.2, 0.25) is 0 Å². The normalized spacial score (nSPS) is 23.9. The zero-order chi connectivity index (χ0) is 25.8. The third-order valence-electron chi connectivity index (χ3n) is 8.05. The zero-order valence-electron chi connectivity index (χ0n) is 21.2. The predicted molar refractivity (Wildman–Crippen MR) is 142 cm³/mol. The molecule has 2 aromatic heterocycles. The molecule has 192 valence electrons. The molecule has 1 amide bonds. The van der Waals surface area contributed by atoms with E-state index in [0.29, 0.717) is 37.9 Å². The second kappa shape index (κ2) is 10.9. The van der Waals surface area contributed by atoms with Crippen LogP contribution < -0.4 is 10.6 Å².